The van der Waals surface area contributed by atoms with Gasteiger partial charge in [0, 0.05) is 36.8 Å². The molecule has 41 heavy (non-hydrogen) atoms. The number of rotatable bonds is 7. The molecule has 1 saturated carbocycles. The number of hydrogen-bond acceptors (Lipinski definition) is 6. The molecule has 2 fully saturated rings. The number of ether oxygens (including phenoxy) is 2. The van der Waals surface area contributed by atoms with E-state index in [0.29, 0.717) is 6.42 Å². The third-order valence-electron chi connectivity index (χ3n) is 8.61. The molecule has 4 aliphatic rings. The minimum Gasteiger partial charge on any atom is -0.366 e. The van der Waals surface area contributed by atoms with Gasteiger partial charge in [0.2, 0.25) is 0 Å². The van der Waals surface area contributed by atoms with Crippen LogP contribution in [0.25, 0.3) is 0 Å². The van der Waals surface area contributed by atoms with Gasteiger partial charge < -0.3 is 19.3 Å². The lowest BCUT2D eigenvalue weighted by Crippen LogP contribution is -2.47. The first-order chi connectivity index (χ1) is 19.6. The molecule has 0 amide bonds. The number of nitrogens with zero attached hydrogens (tertiary/aromatic N) is 4. The molecule has 6 rings (SSSR count). The Morgan fingerprint density at radius 2 is 1.68 bits per heavy atom. The van der Waals surface area contributed by atoms with Gasteiger partial charge in [-0.15, -0.1) is 11.6 Å². The summed E-state index contributed by atoms with van der Waals surface area (Å²) in [6.07, 6.45) is 10.4. The largest absolute Gasteiger partial charge is 0.366 e. The van der Waals surface area contributed by atoms with E-state index in [2.05, 4.69) is 29.1 Å². The van der Waals surface area contributed by atoms with E-state index in [9.17, 15) is 0 Å². The molecule has 0 aromatic heterocycles. The van der Waals surface area contributed by atoms with Crippen LogP contribution in [0.5, 0.6) is 0 Å². The SMILES string of the molecule is CN1C=CN=C2C1C=CN2[C@@H]1C[C@H](CCC(C)(Cl)C(=N)N=C(c2ccccc2)c2ccccc2)[C@H]2OC(C)(C)O[C@H]21. The highest BCUT2D eigenvalue weighted by Gasteiger charge is 2.56. The molecule has 7 nitrogen and oxygen atoms in total. The number of likely N-dealkylation sites (N-methyl/N-ethyl adjacent to an activating group) is 1. The number of amidine groups is 2. The van der Waals surface area contributed by atoms with Crippen molar-refractivity contribution in [3.8, 4) is 0 Å². The Balaban J connectivity index is 1.20. The van der Waals surface area contributed by atoms with Crippen LogP contribution in [0.1, 0.15) is 51.2 Å². The molecule has 0 spiro atoms. The molecule has 0 radical (unpaired) electrons. The Morgan fingerprint density at radius 1 is 1.05 bits per heavy atom. The number of alkyl halides is 1. The van der Waals surface area contributed by atoms with Gasteiger partial charge in [0.15, 0.2) is 5.79 Å². The lowest BCUT2D eigenvalue weighted by molar-refractivity contribution is -0.160. The van der Waals surface area contributed by atoms with E-state index in [0.717, 1.165) is 35.5 Å². The maximum atomic E-state index is 8.98. The van der Waals surface area contributed by atoms with Crippen molar-refractivity contribution in [3.05, 3.63) is 96.5 Å². The second kappa shape index (κ2) is 10.9. The minimum absolute atomic E-state index is 0.0470. The Hall–Kier alpha value is -3.26. The number of hydrogen-bond donors (Lipinski definition) is 1. The molecule has 3 aliphatic heterocycles. The van der Waals surface area contributed by atoms with Crippen molar-refractivity contribution >= 4 is 29.0 Å². The van der Waals surface area contributed by atoms with Crippen LogP contribution < -0.4 is 0 Å². The maximum Gasteiger partial charge on any atom is 0.163 e. The van der Waals surface area contributed by atoms with Crippen LogP contribution >= 0.6 is 11.6 Å². The van der Waals surface area contributed by atoms with Crippen molar-refractivity contribution in [2.75, 3.05) is 7.05 Å². The van der Waals surface area contributed by atoms with Crippen LogP contribution in [0.2, 0.25) is 0 Å². The van der Waals surface area contributed by atoms with Gasteiger partial charge in [-0.05, 0) is 52.0 Å². The molecule has 2 unspecified atom stereocenters. The Bertz CT molecular complexity index is 1360. The van der Waals surface area contributed by atoms with E-state index in [-0.39, 0.29) is 36.0 Å². The van der Waals surface area contributed by atoms with E-state index in [4.69, 9.17) is 36.5 Å². The standard InChI is InChI=1S/C33H38ClN5O2/c1-32(2)40-28-24(21-26(29(28)41-32)39-19-16-25-30(39)36-18-20-38(25)4)15-17-33(3,34)31(35)37-27(22-11-7-5-8-12-22)23-13-9-6-10-14-23/h5-14,16,18-20,24-26,28-29,35H,15,17,21H2,1-4H3/t24-,25?,26+,28+,29-,33?/m0/s1. The molecule has 8 heteroatoms. The van der Waals surface area contributed by atoms with Gasteiger partial charge in [0.25, 0.3) is 0 Å². The molecule has 6 atom stereocenters. The summed E-state index contributed by atoms with van der Waals surface area (Å²) in [7, 11) is 2.07. The third kappa shape index (κ3) is 5.51. The summed E-state index contributed by atoms with van der Waals surface area (Å²) >= 11 is 7.10. The van der Waals surface area contributed by atoms with Gasteiger partial charge in [0.05, 0.1) is 17.9 Å². The predicted octanol–water partition coefficient (Wildman–Crippen LogP) is 6.20. The van der Waals surface area contributed by atoms with Crippen molar-refractivity contribution in [3.63, 3.8) is 0 Å². The molecule has 1 N–H and O–H groups in total. The van der Waals surface area contributed by atoms with Gasteiger partial charge in [-0.25, -0.2) is 9.98 Å². The van der Waals surface area contributed by atoms with Gasteiger partial charge in [0.1, 0.15) is 28.7 Å². The van der Waals surface area contributed by atoms with Crippen LogP contribution in [-0.4, -0.2) is 69.2 Å². The third-order valence-corrected chi connectivity index (χ3v) is 8.98. The molecule has 1 saturated heterocycles. The summed E-state index contributed by atoms with van der Waals surface area (Å²) in [6, 6.07) is 20.2. The van der Waals surface area contributed by atoms with E-state index >= 15 is 0 Å². The first kappa shape index (κ1) is 27.9. The summed E-state index contributed by atoms with van der Waals surface area (Å²) < 4.78 is 13.0. The summed E-state index contributed by atoms with van der Waals surface area (Å²) in [6.45, 7) is 5.88. The smallest absolute Gasteiger partial charge is 0.163 e. The predicted molar refractivity (Wildman–Crippen MR) is 165 cm³/mol. The first-order valence-electron chi connectivity index (χ1n) is 14.4. The summed E-state index contributed by atoms with van der Waals surface area (Å²) in [4.78, 5) is 13.1. The molecule has 3 heterocycles. The van der Waals surface area contributed by atoms with Gasteiger partial charge in [-0.1, -0.05) is 60.7 Å². The number of benzene rings is 2. The summed E-state index contributed by atoms with van der Waals surface area (Å²) in [5.41, 5.74) is 2.67. The average molecular weight is 572 g/mol. The zero-order valence-corrected chi connectivity index (χ0v) is 24.8. The van der Waals surface area contributed by atoms with E-state index in [1.807, 2.05) is 93.8 Å². The van der Waals surface area contributed by atoms with Crippen LogP contribution in [0.4, 0.5) is 0 Å². The zero-order chi connectivity index (χ0) is 28.8. The average Bonchev–Trinajstić information content (AvgIpc) is 3.62. The van der Waals surface area contributed by atoms with Crippen molar-refractivity contribution in [1.82, 2.24) is 9.80 Å². The number of nitrogens with one attached hydrogen (secondary N) is 1. The Morgan fingerprint density at radius 3 is 2.34 bits per heavy atom. The second-order valence-corrected chi connectivity index (χ2v) is 12.9. The van der Waals surface area contributed by atoms with E-state index < -0.39 is 10.7 Å². The van der Waals surface area contributed by atoms with Crippen molar-refractivity contribution in [2.24, 2.45) is 15.9 Å². The van der Waals surface area contributed by atoms with E-state index in [1.54, 1.807) is 0 Å². The van der Waals surface area contributed by atoms with Crippen LogP contribution in [0.15, 0.2) is 95.3 Å². The van der Waals surface area contributed by atoms with Gasteiger partial charge in [-0.2, -0.15) is 0 Å². The molecule has 2 aromatic carbocycles. The summed E-state index contributed by atoms with van der Waals surface area (Å²) in [5.74, 6) is 0.769. The van der Waals surface area contributed by atoms with Gasteiger partial charge >= 0.3 is 0 Å². The fourth-order valence-corrected chi connectivity index (χ4v) is 6.59. The highest BCUT2D eigenvalue weighted by atomic mass is 35.5. The molecule has 0 bridgehead atoms. The number of fused-ring (bicyclic) bond motifs is 2. The van der Waals surface area contributed by atoms with Crippen molar-refractivity contribution in [2.45, 2.75) is 75.0 Å². The van der Waals surface area contributed by atoms with Crippen LogP contribution in [0.3, 0.4) is 0 Å². The van der Waals surface area contributed by atoms with Crippen molar-refractivity contribution in [1.29, 1.82) is 5.41 Å². The fraction of sp³-hybridized carbons (Fsp3) is 0.424. The number of halogens is 1. The topological polar surface area (TPSA) is 73.5 Å². The van der Waals surface area contributed by atoms with Crippen molar-refractivity contribution < 1.29 is 9.47 Å². The zero-order valence-electron chi connectivity index (χ0n) is 24.1. The monoisotopic (exact) mass is 571 g/mol. The highest BCUT2D eigenvalue weighted by molar-refractivity contribution is 6.36. The minimum atomic E-state index is -0.934. The molecular weight excluding hydrogens is 534 g/mol. The summed E-state index contributed by atoms with van der Waals surface area (Å²) in [5, 5.41) is 8.98. The molecule has 1 aliphatic carbocycles. The molecular formula is C33H38ClN5O2. The molecule has 214 valence electrons. The van der Waals surface area contributed by atoms with Crippen LogP contribution in [0, 0.1) is 11.3 Å². The highest BCUT2D eigenvalue weighted by Crippen LogP contribution is 2.47. The van der Waals surface area contributed by atoms with E-state index in [1.165, 1.54) is 0 Å². The lowest BCUT2D eigenvalue weighted by Gasteiger charge is -2.34. The lowest BCUT2D eigenvalue weighted by atomic mass is 9.92. The Kier molecular flexibility index (Phi) is 7.39. The molecule has 2 aromatic rings. The first-order valence-corrected chi connectivity index (χ1v) is 14.8. The maximum absolute atomic E-state index is 8.98. The van der Waals surface area contributed by atoms with Gasteiger partial charge in [-0.3, -0.25) is 5.41 Å². The van der Waals surface area contributed by atoms with Crippen LogP contribution in [-0.2, 0) is 9.47 Å². The second-order valence-electron chi connectivity index (χ2n) is 12.0. The number of aliphatic imine (C=N–C) groups is 2. The Labute approximate surface area is 247 Å². The quantitative estimate of drug-likeness (QED) is 0.244. The fourth-order valence-electron chi connectivity index (χ4n) is 6.44. The normalized spacial score (nSPS) is 29.1.